The maximum Gasteiger partial charge on any atom is 0.237 e. The lowest BCUT2D eigenvalue weighted by atomic mass is 9.93. The van der Waals surface area contributed by atoms with E-state index in [-0.39, 0.29) is 30.1 Å². The molecule has 0 aromatic heterocycles. The summed E-state index contributed by atoms with van der Waals surface area (Å²) in [6.45, 7) is 10.1. The van der Waals surface area contributed by atoms with Crippen LogP contribution in [0.3, 0.4) is 0 Å². The van der Waals surface area contributed by atoms with E-state index in [0.29, 0.717) is 6.42 Å². The Bertz CT molecular complexity index is 233. The Hall–Kier alpha value is -0.610. The molecule has 0 aliphatic carbocycles. The summed E-state index contributed by atoms with van der Waals surface area (Å²) in [5.41, 5.74) is -0.180. The van der Waals surface area contributed by atoms with Gasteiger partial charge in [-0.2, -0.15) is 0 Å². The molecule has 0 aliphatic rings. The molecule has 4 heteroatoms. The van der Waals surface area contributed by atoms with Gasteiger partial charge < -0.3 is 15.7 Å². The zero-order chi connectivity index (χ0) is 13.5. The van der Waals surface area contributed by atoms with Gasteiger partial charge >= 0.3 is 0 Å². The van der Waals surface area contributed by atoms with Crippen molar-refractivity contribution in [2.24, 2.45) is 0 Å². The monoisotopic (exact) mass is 244 g/mol. The van der Waals surface area contributed by atoms with Gasteiger partial charge in [-0.1, -0.05) is 13.8 Å². The van der Waals surface area contributed by atoms with E-state index in [4.69, 9.17) is 5.11 Å². The minimum Gasteiger partial charge on any atom is -0.396 e. The molecule has 0 radical (unpaired) electrons. The molecule has 17 heavy (non-hydrogen) atoms. The van der Waals surface area contributed by atoms with Crippen molar-refractivity contribution in [1.82, 2.24) is 10.6 Å². The van der Waals surface area contributed by atoms with Gasteiger partial charge in [-0.05, 0) is 40.0 Å². The van der Waals surface area contributed by atoms with Crippen molar-refractivity contribution in [1.29, 1.82) is 0 Å². The second kappa shape index (κ2) is 7.67. The van der Waals surface area contributed by atoms with Gasteiger partial charge in [0.05, 0.1) is 6.04 Å². The third kappa shape index (κ3) is 6.03. The summed E-state index contributed by atoms with van der Waals surface area (Å²) in [7, 11) is 0. The lowest BCUT2D eigenvalue weighted by molar-refractivity contribution is -0.124. The van der Waals surface area contributed by atoms with Crippen LogP contribution >= 0.6 is 0 Å². The van der Waals surface area contributed by atoms with Crippen molar-refractivity contribution >= 4 is 5.91 Å². The quantitative estimate of drug-likeness (QED) is 0.605. The third-order valence-electron chi connectivity index (χ3n) is 3.40. The predicted molar refractivity (Wildman–Crippen MR) is 70.9 cm³/mol. The summed E-state index contributed by atoms with van der Waals surface area (Å²) in [4.78, 5) is 11.9. The molecule has 3 N–H and O–H groups in total. The van der Waals surface area contributed by atoms with Gasteiger partial charge in [-0.25, -0.2) is 0 Å². The average Bonchev–Trinajstić information content (AvgIpc) is 2.28. The van der Waals surface area contributed by atoms with E-state index in [2.05, 4.69) is 17.6 Å². The first-order valence-electron chi connectivity index (χ1n) is 6.57. The van der Waals surface area contributed by atoms with Crippen LogP contribution in [-0.2, 0) is 4.79 Å². The minimum absolute atomic E-state index is 0.0250. The molecule has 102 valence electrons. The van der Waals surface area contributed by atoms with Gasteiger partial charge in [0.2, 0.25) is 5.91 Å². The molecule has 1 amide bonds. The maximum absolute atomic E-state index is 11.9. The summed E-state index contributed by atoms with van der Waals surface area (Å²) < 4.78 is 0. The van der Waals surface area contributed by atoms with Crippen LogP contribution in [0.2, 0.25) is 0 Å². The van der Waals surface area contributed by atoms with Crippen molar-refractivity contribution in [2.75, 3.05) is 6.61 Å². The van der Waals surface area contributed by atoms with Crippen LogP contribution in [0.25, 0.3) is 0 Å². The van der Waals surface area contributed by atoms with Gasteiger partial charge in [-0.15, -0.1) is 0 Å². The van der Waals surface area contributed by atoms with Crippen LogP contribution < -0.4 is 10.6 Å². The summed E-state index contributed by atoms with van der Waals surface area (Å²) in [6.07, 6.45) is 2.47. The zero-order valence-electron chi connectivity index (χ0n) is 11.8. The lowest BCUT2D eigenvalue weighted by Crippen LogP contribution is -2.54. The number of carbonyl (C=O) groups excluding carboxylic acids is 1. The van der Waals surface area contributed by atoms with E-state index in [1.807, 2.05) is 27.7 Å². The molecule has 0 saturated carbocycles. The lowest BCUT2D eigenvalue weighted by Gasteiger charge is -2.32. The second-order valence-corrected chi connectivity index (χ2v) is 5.07. The van der Waals surface area contributed by atoms with Gasteiger partial charge in [0, 0.05) is 18.2 Å². The Morgan fingerprint density at radius 2 is 1.94 bits per heavy atom. The van der Waals surface area contributed by atoms with Gasteiger partial charge in [0.1, 0.15) is 0 Å². The third-order valence-corrected chi connectivity index (χ3v) is 3.40. The van der Waals surface area contributed by atoms with Crippen LogP contribution in [0.15, 0.2) is 0 Å². The van der Waals surface area contributed by atoms with Crippen molar-refractivity contribution in [3.05, 3.63) is 0 Å². The van der Waals surface area contributed by atoms with E-state index >= 15 is 0 Å². The fourth-order valence-corrected chi connectivity index (χ4v) is 1.66. The second-order valence-electron chi connectivity index (χ2n) is 5.07. The molecule has 0 aromatic carbocycles. The smallest absolute Gasteiger partial charge is 0.237 e. The van der Waals surface area contributed by atoms with E-state index in [1.165, 1.54) is 0 Å². The van der Waals surface area contributed by atoms with E-state index < -0.39 is 0 Å². The number of aliphatic hydroxyl groups excluding tert-OH is 1. The Morgan fingerprint density at radius 3 is 2.35 bits per heavy atom. The topological polar surface area (TPSA) is 61.4 Å². The standard InChI is InChI=1S/C13H28N2O2/c1-6-10(3)14-12(17)11(4)15-13(5,7-2)8-9-16/h10-11,15-16H,6-9H2,1-5H3,(H,14,17). The fraction of sp³-hybridized carbons (Fsp3) is 0.923. The summed E-state index contributed by atoms with van der Waals surface area (Å²) in [5.74, 6) is 0.0250. The zero-order valence-corrected chi connectivity index (χ0v) is 11.8. The van der Waals surface area contributed by atoms with E-state index in [1.54, 1.807) is 0 Å². The number of hydrogen-bond donors (Lipinski definition) is 3. The van der Waals surface area contributed by atoms with Crippen LogP contribution in [-0.4, -0.2) is 35.2 Å². The van der Waals surface area contributed by atoms with Gasteiger partial charge in [0.25, 0.3) is 0 Å². The molecule has 4 nitrogen and oxygen atoms in total. The van der Waals surface area contributed by atoms with Crippen LogP contribution in [0.5, 0.6) is 0 Å². The average molecular weight is 244 g/mol. The number of hydrogen-bond acceptors (Lipinski definition) is 3. The molecule has 0 saturated heterocycles. The van der Waals surface area contributed by atoms with E-state index in [0.717, 1.165) is 12.8 Å². The molecule has 0 heterocycles. The number of nitrogens with one attached hydrogen (secondary N) is 2. The van der Waals surface area contributed by atoms with Crippen molar-refractivity contribution in [2.45, 2.75) is 71.5 Å². The van der Waals surface area contributed by atoms with Crippen molar-refractivity contribution in [3.63, 3.8) is 0 Å². The number of rotatable bonds is 8. The van der Waals surface area contributed by atoms with E-state index in [9.17, 15) is 4.79 Å². The Labute approximate surface area is 105 Å². The normalized spacial score (nSPS) is 18.2. The number of amides is 1. The largest absolute Gasteiger partial charge is 0.396 e. The molecule has 0 rings (SSSR count). The highest BCUT2D eigenvalue weighted by molar-refractivity contribution is 5.81. The van der Waals surface area contributed by atoms with Crippen molar-refractivity contribution in [3.8, 4) is 0 Å². The number of carbonyl (C=O) groups is 1. The fourth-order valence-electron chi connectivity index (χ4n) is 1.66. The molecule has 0 fully saturated rings. The highest BCUT2D eigenvalue weighted by atomic mass is 16.3. The predicted octanol–water partition coefficient (Wildman–Crippen LogP) is 1.43. The Morgan fingerprint density at radius 1 is 1.35 bits per heavy atom. The summed E-state index contributed by atoms with van der Waals surface area (Å²) in [6, 6.07) is -0.0297. The van der Waals surface area contributed by atoms with Gasteiger partial charge in [0.15, 0.2) is 0 Å². The number of aliphatic hydroxyl groups is 1. The SMILES string of the molecule is CCC(C)NC(=O)C(C)NC(C)(CC)CCO. The Kier molecular flexibility index (Phi) is 7.39. The van der Waals surface area contributed by atoms with Gasteiger partial charge in [-0.3, -0.25) is 4.79 Å². The highest BCUT2D eigenvalue weighted by Crippen LogP contribution is 2.14. The Balaban J connectivity index is 4.30. The molecule has 0 spiro atoms. The molecule has 3 unspecified atom stereocenters. The first kappa shape index (κ1) is 16.4. The highest BCUT2D eigenvalue weighted by Gasteiger charge is 2.26. The molecule has 0 aliphatic heterocycles. The summed E-state index contributed by atoms with van der Waals surface area (Å²) in [5, 5.41) is 15.3. The first-order chi connectivity index (χ1) is 7.88. The van der Waals surface area contributed by atoms with Crippen LogP contribution in [0.4, 0.5) is 0 Å². The molecule has 0 bridgehead atoms. The summed E-state index contributed by atoms with van der Waals surface area (Å²) >= 11 is 0. The van der Waals surface area contributed by atoms with Crippen LogP contribution in [0.1, 0.15) is 53.9 Å². The molecular weight excluding hydrogens is 216 g/mol. The maximum atomic E-state index is 11.9. The van der Waals surface area contributed by atoms with Crippen molar-refractivity contribution < 1.29 is 9.90 Å². The first-order valence-corrected chi connectivity index (χ1v) is 6.57. The molecular formula is C13H28N2O2. The molecule has 0 aromatic rings. The molecule has 3 atom stereocenters. The van der Waals surface area contributed by atoms with Crippen LogP contribution in [0, 0.1) is 0 Å². The minimum atomic E-state index is -0.236.